The van der Waals surface area contributed by atoms with E-state index in [0.717, 1.165) is 36.6 Å². The lowest BCUT2D eigenvalue weighted by atomic mass is 9.93. The van der Waals surface area contributed by atoms with Crippen LogP contribution in [0.4, 0.5) is 0 Å². The lowest BCUT2D eigenvalue weighted by Gasteiger charge is -2.28. The van der Waals surface area contributed by atoms with Gasteiger partial charge in [-0.25, -0.2) is 0 Å². The molecule has 88 valence electrons. The lowest BCUT2D eigenvalue weighted by Crippen LogP contribution is -2.29. The van der Waals surface area contributed by atoms with E-state index in [2.05, 4.69) is 12.6 Å². The molecule has 4 heteroatoms. The Kier molecular flexibility index (Phi) is 4.42. The van der Waals surface area contributed by atoms with Crippen LogP contribution in [-0.4, -0.2) is 18.5 Å². The van der Waals surface area contributed by atoms with Crippen molar-refractivity contribution in [1.29, 1.82) is 0 Å². The number of thiol groups is 1. The first kappa shape index (κ1) is 12.6. The van der Waals surface area contributed by atoms with E-state index in [4.69, 9.17) is 27.9 Å². The zero-order valence-electron chi connectivity index (χ0n) is 8.83. The average Bonchev–Trinajstić information content (AvgIpc) is 2.25. The average molecular weight is 277 g/mol. The molecule has 0 spiro atoms. The molecule has 0 aliphatic carbocycles. The van der Waals surface area contributed by atoms with Gasteiger partial charge in [0, 0.05) is 21.9 Å². The molecule has 1 saturated heterocycles. The van der Waals surface area contributed by atoms with Crippen molar-refractivity contribution in [2.24, 2.45) is 5.92 Å². The van der Waals surface area contributed by atoms with Gasteiger partial charge in [-0.3, -0.25) is 0 Å². The summed E-state index contributed by atoms with van der Waals surface area (Å²) in [4.78, 5) is 0. The van der Waals surface area contributed by atoms with Crippen molar-refractivity contribution in [3.8, 4) is 0 Å². The minimum Gasteiger partial charge on any atom is -0.381 e. The summed E-state index contributed by atoms with van der Waals surface area (Å²) >= 11 is 16.6. The Balaban J connectivity index is 2.07. The van der Waals surface area contributed by atoms with Crippen LogP contribution in [0.2, 0.25) is 10.0 Å². The van der Waals surface area contributed by atoms with Gasteiger partial charge in [-0.1, -0.05) is 29.3 Å². The smallest absolute Gasteiger partial charge is 0.0507 e. The van der Waals surface area contributed by atoms with E-state index in [1.165, 1.54) is 0 Å². The third kappa shape index (κ3) is 3.07. The molecule has 2 rings (SSSR count). The minimum absolute atomic E-state index is 0.403. The SMILES string of the molecule is S[C@@H]1CCOC[C@@H]1Cc1ccc(Cl)cc1Cl. The summed E-state index contributed by atoms with van der Waals surface area (Å²) in [6.07, 6.45) is 1.92. The van der Waals surface area contributed by atoms with Crippen molar-refractivity contribution >= 4 is 35.8 Å². The fourth-order valence-corrected chi connectivity index (χ4v) is 2.73. The van der Waals surface area contributed by atoms with Crippen molar-refractivity contribution in [3.05, 3.63) is 33.8 Å². The molecule has 0 unspecified atom stereocenters. The van der Waals surface area contributed by atoms with Crippen molar-refractivity contribution in [2.75, 3.05) is 13.2 Å². The van der Waals surface area contributed by atoms with E-state index < -0.39 is 0 Å². The number of rotatable bonds is 2. The highest BCUT2D eigenvalue weighted by atomic mass is 35.5. The fraction of sp³-hybridized carbons (Fsp3) is 0.500. The van der Waals surface area contributed by atoms with Crippen molar-refractivity contribution in [2.45, 2.75) is 18.1 Å². The van der Waals surface area contributed by atoms with E-state index in [1.807, 2.05) is 12.1 Å². The molecule has 2 atom stereocenters. The maximum Gasteiger partial charge on any atom is 0.0507 e. The van der Waals surface area contributed by atoms with Gasteiger partial charge in [0.05, 0.1) is 6.61 Å². The summed E-state index contributed by atoms with van der Waals surface area (Å²) in [5.41, 5.74) is 1.13. The summed E-state index contributed by atoms with van der Waals surface area (Å²) < 4.78 is 5.47. The van der Waals surface area contributed by atoms with E-state index in [9.17, 15) is 0 Å². The highest BCUT2D eigenvalue weighted by Crippen LogP contribution is 2.28. The van der Waals surface area contributed by atoms with Gasteiger partial charge in [0.15, 0.2) is 0 Å². The van der Waals surface area contributed by atoms with Gasteiger partial charge in [-0.15, -0.1) is 0 Å². The Morgan fingerprint density at radius 2 is 2.19 bits per heavy atom. The first-order valence-corrected chi connectivity index (χ1v) is 6.64. The number of ether oxygens (including phenoxy) is 1. The molecule has 0 amide bonds. The lowest BCUT2D eigenvalue weighted by molar-refractivity contribution is 0.0596. The number of hydrogen-bond acceptors (Lipinski definition) is 2. The van der Waals surface area contributed by atoms with Gasteiger partial charge in [-0.2, -0.15) is 12.6 Å². The van der Waals surface area contributed by atoms with E-state index in [0.29, 0.717) is 16.2 Å². The molecule has 1 nitrogen and oxygen atoms in total. The Morgan fingerprint density at radius 3 is 2.88 bits per heavy atom. The van der Waals surface area contributed by atoms with Gasteiger partial charge in [-0.05, 0) is 36.5 Å². The fourth-order valence-electron chi connectivity index (χ4n) is 1.95. The number of halogens is 2. The topological polar surface area (TPSA) is 9.23 Å². The Bertz CT molecular complexity index is 370. The zero-order chi connectivity index (χ0) is 11.5. The van der Waals surface area contributed by atoms with Crippen LogP contribution in [0.3, 0.4) is 0 Å². The largest absolute Gasteiger partial charge is 0.381 e. The molecule has 0 saturated carbocycles. The summed E-state index contributed by atoms with van der Waals surface area (Å²) in [6.45, 7) is 1.59. The molecule has 0 bridgehead atoms. The molecule has 1 fully saturated rings. The molecule has 1 aromatic carbocycles. The van der Waals surface area contributed by atoms with Crippen LogP contribution in [0.15, 0.2) is 18.2 Å². The molecule has 16 heavy (non-hydrogen) atoms. The third-order valence-corrected chi connectivity index (χ3v) is 4.20. The monoisotopic (exact) mass is 276 g/mol. The molecular weight excluding hydrogens is 263 g/mol. The molecule has 0 radical (unpaired) electrons. The third-order valence-electron chi connectivity index (χ3n) is 2.93. The van der Waals surface area contributed by atoms with Gasteiger partial charge >= 0.3 is 0 Å². The highest BCUT2D eigenvalue weighted by molar-refractivity contribution is 7.81. The zero-order valence-corrected chi connectivity index (χ0v) is 11.2. The van der Waals surface area contributed by atoms with Crippen LogP contribution < -0.4 is 0 Å². The van der Waals surface area contributed by atoms with Gasteiger partial charge < -0.3 is 4.74 Å². The second-order valence-electron chi connectivity index (χ2n) is 4.13. The summed E-state index contributed by atoms with van der Waals surface area (Å²) in [7, 11) is 0. The van der Waals surface area contributed by atoms with Crippen molar-refractivity contribution in [1.82, 2.24) is 0 Å². The quantitative estimate of drug-likeness (QED) is 0.807. The van der Waals surface area contributed by atoms with Crippen LogP contribution >= 0.6 is 35.8 Å². The molecule has 0 aromatic heterocycles. The first-order valence-electron chi connectivity index (χ1n) is 5.36. The maximum atomic E-state index is 6.15. The van der Waals surface area contributed by atoms with E-state index in [-0.39, 0.29) is 0 Å². The first-order chi connectivity index (χ1) is 7.66. The predicted molar refractivity (Wildman–Crippen MR) is 71.9 cm³/mol. The standard InChI is InChI=1S/C12H14Cl2OS/c13-10-2-1-8(11(14)6-10)5-9-7-15-4-3-12(9)16/h1-2,6,9,12,16H,3-5,7H2/t9-,12+/m0/s1. The Labute approximate surface area is 111 Å². The van der Waals surface area contributed by atoms with E-state index >= 15 is 0 Å². The van der Waals surface area contributed by atoms with Crippen LogP contribution in [0.1, 0.15) is 12.0 Å². The molecular formula is C12H14Cl2OS. The molecule has 0 N–H and O–H groups in total. The molecule has 1 aromatic rings. The maximum absolute atomic E-state index is 6.15. The Morgan fingerprint density at radius 1 is 1.38 bits per heavy atom. The molecule has 1 aliphatic rings. The highest BCUT2D eigenvalue weighted by Gasteiger charge is 2.23. The van der Waals surface area contributed by atoms with Crippen molar-refractivity contribution in [3.63, 3.8) is 0 Å². The predicted octanol–water partition coefficient (Wildman–Crippen LogP) is 3.87. The second kappa shape index (κ2) is 5.63. The normalized spacial score (nSPS) is 25.7. The minimum atomic E-state index is 0.403. The van der Waals surface area contributed by atoms with Gasteiger partial charge in [0.1, 0.15) is 0 Å². The summed E-state index contributed by atoms with van der Waals surface area (Å²) in [5.74, 6) is 0.441. The number of benzene rings is 1. The van der Waals surface area contributed by atoms with E-state index in [1.54, 1.807) is 6.07 Å². The van der Waals surface area contributed by atoms with Crippen LogP contribution in [0.25, 0.3) is 0 Å². The van der Waals surface area contributed by atoms with Crippen LogP contribution in [0, 0.1) is 5.92 Å². The van der Waals surface area contributed by atoms with Gasteiger partial charge in [0.25, 0.3) is 0 Å². The summed E-state index contributed by atoms with van der Waals surface area (Å²) in [6, 6.07) is 5.65. The van der Waals surface area contributed by atoms with Crippen molar-refractivity contribution < 1.29 is 4.74 Å². The number of hydrogen-bond donors (Lipinski definition) is 1. The van der Waals surface area contributed by atoms with Crippen LogP contribution in [0.5, 0.6) is 0 Å². The van der Waals surface area contributed by atoms with Gasteiger partial charge in [0.2, 0.25) is 0 Å². The van der Waals surface area contributed by atoms with Crippen LogP contribution in [-0.2, 0) is 11.2 Å². The molecule has 1 aliphatic heterocycles. The molecule has 1 heterocycles. The second-order valence-corrected chi connectivity index (χ2v) is 5.64. The Hall–Kier alpha value is 0.110. The summed E-state index contributed by atoms with van der Waals surface area (Å²) in [5, 5.41) is 1.81.